The second-order valence-corrected chi connectivity index (χ2v) is 5.53. The number of esters is 1. The Morgan fingerprint density at radius 2 is 2.09 bits per heavy atom. The van der Waals surface area contributed by atoms with Crippen molar-refractivity contribution in [2.75, 3.05) is 0 Å². The molecule has 3 heteroatoms. The summed E-state index contributed by atoms with van der Waals surface area (Å²) in [6.45, 7) is 8.86. The minimum atomic E-state index is -0.813. The summed E-state index contributed by atoms with van der Waals surface area (Å²) in [4.78, 5) is 12.2. The van der Waals surface area contributed by atoms with E-state index < -0.39 is 5.60 Å². The summed E-state index contributed by atoms with van der Waals surface area (Å²) in [5.74, 6) is -0.389. The lowest BCUT2D eigenvalue weighted by molar-refractivity contribution is -0.151. The van der Waals surface area contributed by atoms with Gasteiger partial charge < -0.3 is 9.47 Å². The Morgan fingerprint density at radius 1 is 1.32 bits per heavy atom. The summed E-state index contributed by atoms with van der Waals surface area (Å²) in [5, 5.41) is 0. The number of benzene rings is 1. The Kier molecular flexibility index (Phi) is 5.21. The smallest absolute Gasteiger partial charge is 0.334 e. The Morgan fingerprint density at radius 3 is 2.82 bits per heavy atom. The van der Waals surface area contributed by atoms with Gasteiger partial charge in [0.1, 0.15) is 0 Å². The van der Waals surface area contributed by atoms with Crippen LogP contribution in [0.2, 0.25) is 0 Å². The van der Waals surface area contributed by atoms with Crippen LogP contribution in [0.5, 0.6) is 0 Å². The molecule has 1 aliphatic carbocycles. The third-order valence-corrected chi connectivity index (χ3v) is 3.85. The van der Waals surface area contributed by atoms with Crippen molar-refractivity contribution >= 4 is 5.97 Å². The highest BCUT2D eigenvalue weighted by Crippen LogP contribution is 2.39. The topological polar surface area (TPSA) is 35.5 Å². The molecule has 0 saturated heterocycles. The molecule has 0 N–H and O–H groups in total. The first-order valence-corrected chi connectivity index (χ1v) is 7.50. The summed E-state index contributed by atoms with van der Waals surface area (Å²) < 4.78 is 11.0. The van der Waals surface area contributed by atoms with Crippen LogP contribution in [0.15, 0.2) is 61.6 Å². The lowest BCUT2D eigenvalue weighted by Gasteiger charge is -2.31. The van der Waals surface area contributed by atoms with E-state index in [1.807, 2.05) is 18.2 Å². The zero-order valence-corrected chi connectivity index (χ0v) is 13.0. The quantitative estimate of drug-likeness (QED) is 0.350. The molecule has 0 spiro atoms. The number of carbonyl (C=O) groups excluding carboxylic acids is 1. The Hall–Kier alpha value is -2.29. The van der Waals surface area contributed by atoms with Crippen molar-refractivity contribution in [3.05, 3.63) is 72.7 Å². The molecule has 1 aromatic rings. The van der Waals surface area contributed by atoms with E-state index in [-0.39, 0.29) is 5.97 Å². The summed E-state index contributed by atoms with van der Waals surface area (Å²) in [6, 6.07) is 8.09. The number of aryl methyl sites for hydroxylation is 1. The van der Waals surface area contributed by atoms with E-state index in [2.05, 4.69) is 19.2 Å². The van der Waals surface area contributed by atoms with Gasteiger partial charge >= 0.3 is 5.97 Å². The minimum absolute atomic E-state index is 0.388. The van der Waals surface area contributed by atoms with E-state index in [0.29, 0.717) is 5.57 Å². The fourth-order valence-corrected chi connectivity index (χ4v) is 2.76. The normalized spacial score (nSPS) is 20.8. The highest BCUT2D eigenvalue weighted by molar-refractivity contribution is 5.87. The lowest BCUT2D eigenvalue weighted by atomic mass is 9.87. The predicted octanol–water partition coefficient (Wildman–Crippen LogP) is 4.40. The number of fused-ring (bicyclic) bond motifs is 1. The molecule has 0 radical (unpaired) electrons. The first-order valence-electron chi connectivity index (χ1n) is 7.50. The highest BCUT2D eigenvalue weighted by Gasteiger charge is 2.37. The van der Waals surface area contributed by atoms with Gasteiger partial charge in [0.2, 0.25) is 0 Å². The van der Waals surface area contributed by atoms with Crippen LogP contribution in [-0.4, -0.2) is 5.97 Å². The maximum absolute atomic E-state index is 12.2. The summed E-state index contributed by atoms with van der Waals surface area (Å²) >= 11 is 0. The summed E-state index contributed by atoms with van der Waals surface area (Å²) in [7, 11) is 0. The zero-order valence-electron chi connectivity index (χ0n) is 13.0. The van der Waals surface area contributed by atoms with Crippen LogP contribution >= 0.6 is 0 Å². The van der Waals surface area contributed by atoms with Gasteiger partial charge in [-0.3, -0.25) is 0 Å². The molecule has 0 aromatic heterocycles. The molecule has 3 nitrogen and oxygen atoms in total. The lowest BCUT2D eigenvalue weighted by Crippen LogP contribution is -2.31. The zero-order chi connectivity index (χ0) is 16.0. The van der Waals surface area contributed by atoms with Crippen molar-refractivity contribution in [3.8, 4) is 0 Å². The molecule has 0 fully saturated rings. The van der Waals surface area contributed by atoms with Crippen LogP contribution in [0.25, 0.3) is 0 Å². The molecular formula is C19H22O3. The van der Waals surface area contributed by atoms with E-state index in [1.54, 1.807) is 13.0 Å². The predicted molar refractivity (Wildman–Crippen MR) is 87.0 cm³/mol. The molecule has 2 rings (SSSR count). The number of ether oxygens (including phenoxy) is 2. The van der Waals surface area contributed by atoms with Crippen molar-refractivity contribution < 1.29 is 14.3 Å². The summed E-state index contributed by atoms with van der Waals surface area (Å²) in [6.07, 6.45) is 8.42. The molecule has 0 amide bonds. The highest BCUT2D eigenvalue weighted by atomic mass is 16.6. The molecule has 1 aliphatic rings. The van der Waals surface area contributed by atoms with Crippen LogP contribution in [0.1, 0.15) is 37.3 Å². The summed E-state index contributed by atoms with van der Waals surface area (Å²) in [5.41, 5.74) is 1.80. The third-order valence-electron chi connectivity index (χ3n) is 3.85. The Balaban J connectivity index is 2.49. The van der Waals surface area contributed by atoms with E-state index in [0.717, 1.165) is 31.2 Å². The van der Waals surface area contributed by atoms with Crippen molar-refractivity contribution in [2.45, 2.75) is 38.2 Å². The van der Waals surface area contributed by atoms with Crippen molar-refractivity contribution in [1.29, 1.82) is 0 Å². The monoisotopic (exact) mass is 298 g/mol. The van der Waals surface area contributed by atoms with Gasteiger partial charge in [0.15, 0.2) is 5.60 Å². The van der Waals surface area contributed by atoms with Gasteiger partial charge in [-0.25, -0.2) is 4.79 Å². The molecule has 0 heterocycles. The molecule has 0 bridgehead atoms. The van der Waals surface area contributed by atoms with Crippen LogP contribution in [0, 0.1) is 0 Å². The minimum Gasteiger partial charge on any atom is -0.473 e. The number of carbonyl (C=O) groups is 1. The van der Waals surface area contributed by atoms with E-state index in [1.165, 1.54) is 18.1 Å². The molecule has 22 heavy (non-hydrogen) atoms. The molecule has 0 saturated carbocycles. The number of hydrogen-bond donors (Lipinski definition) is 0. The van der Waals surface area contributed by atoms with Crippen LogP contribution in [0.4, 0.5) is 0 Å². The van der Waals surface area contributed by atoms with Gasteiger partial charge in [0.25, 0.3) is 0 Å². The standard InChI is InChI=1S/C19H22O3/c1-4-21-14-13-19(22-18(20)15(2)3)12-8-7-10-16-9-5-6-11-17(16)19/h4-6,9,11,13-14H,1-2,7-8,10,12H2,3H3/b14-13-. The van der Waals surface area contributed by atoms with Gasteiger partial charge in [-0.2, -0.15) is 0 Å². The van der Waals surface area contributed by atoms with Gasteiger partial charge in [-0.05, 0) is 44.2 Å². The fourth-order valence-electron chi connectivity index (χ4n) is 2.76. The van der Waals surface area contributed by atoms with Crippen LogP contribution in [-0.2, 0) is 26.3 Å². The second-order valence-electron chi connectivity index (χ2n) is 5.53. The van der Waals surface area contributed by atoms with E-state index in [4.69, 9.17) is 9.47 Å². The molecule has 1 aromatic carbocycles. The van der Waals surface area contributed by atoms with Gasteiger partial charge in [-0.1, -0.05) is 37.4 Å². The maximum atomic E-state index is 12.2. The largest absolute Gasteiger partial charge is 0.473 e. The molecular weight excluding hydrogens is 276 g/mol. The Bertz CT molecular complexity index is 600. The Labute approximate surface area is 131 Å². The van der Waals surface area contributed by atoms with Gasteiger partial charge in [0, 0.05) is 11.1 Å². The van der Waals surface area contributed by atoms with Gasteiger partial charge in [0.05, 0.1) is 12.5 Å². The average molecular weight is 298 g/mol. The van der Waals surface area contributed by atoms with Crippen LogP contribution in [0.3, 0.4) is 0 Å². The second kappa shape index (κ2) is 7.12. The first kappa shape index (κ1) is 16.1. The average Bonchev–Trinajstić information content (AvgIpc) is 2.68. The fraction of sp³-hybridized carbons (Fsp3) is 0.316. The maximum Gasteiger partial charge on any atom is 0.334 e. The van der Waals surface area contributed by atoms with E-state index >= 15 is 0 Å². The number of hydrogen-bond acceptors (Lipinski definition) is 3. The molecule has 0 aliphatic heterocycles. The van der Waals surface area contributed by atoms with Crippen molar-refractivity contribution in [3.63, 3.8) is 0 Å². The van der Waals surface area contributed by atoms with E-state index in [9.17, 15) is 4.79 Å². The van der Waals surface area contributed by atoms with Gasteiger partial charge in [-0.15, -0.1) is 0 Å². The number of rotatable bonds is 5. The first-order chi connectivity index (χ1) is 10.6. The third kappa shape index (κ3) is 3.48. The molecule has 116 valence electrons. The molecule has 1 unspecified atom stereocenters. The SMILES string of the molecule is C=CO/C=C\C1(OC(=O)C(=C)C)CCCCc2ccccc21. The van der Waals surface area contributed by atoms with Crippen LogP contribution < -0.4 is 0 Å². The van der Waals surface area contributed by atoms with Crippen molar-refractivity contribution in [1.82, 2.24) is 0 Å². The van der Waals surface area contributed by atoms with Crippen molar-refractivity contribution in [2.24, 2.45) is 0 Å². The molecule has 1 atom stereocenters.